The van der Waals surface area contributed by atoms with Crippen molar-refractivity contribution in [2.45, 2.75) is 12.7 Å². The first-order valence-electron chi connectivity index (χ1n) is 5.71. The van der Waals surface area contributed by atoms with Gasteiger partial charge in [-0.1, -0.05) is 6.07 Å². The standard InChI is InChI=1S/C13H9BrF4N2O/c14-9-5-8(15)2-3-10(9)21-12-7(6-19)1-4-11(20-12)13(16,17)18/h1-5H,6,19H2. The van der Waals surface area contributed by atoms with E-state index in [1.54, 1.807) is 0 Å². The molecule has 112 valence electrons. The molecule has 0 radical (unpaired) electrons. The van der Waals surface area contributed by atoms with Crippen LogP contribution in [0.25, 0.3) is 0 Å². The maximum atomic E-state index is 13.0. The van der Waals surface area contributed by atoms with Crippen LogP contribution in [0.5, 0.6) is 11.6 Å². The first kappa shape index (κ1) is 15.7. The van der Waals surface area contributed by atoms with E-state index in [9.17, 15) is 17.6 Å². The van der Waals surface area contributed by atoms with Gasteiger partial charge in [0.05, 0.1) is 4.47 Å². The van der Waals surface area contributed by atoms with Crippen LogP contribution in [0.4, 0.5) is 17.6 Å². The maximum Gasteiger partial charge on any atom is 0.433 e. The van der Waals surface area contributed by atoms with Gasteiger partial charge in [-0.3, -0.25) is 0 Å². The van der Waals surface area contributed by atoms with Crippen molar-refractivity contribution >= 4 is 15.9 Å². The molecule has 0 spiro atoms. The Bertz CT molecular complexity index is 661. The Kier molecular flexibility index (Phi) is 4.48. The van der Waals surface area contributed by atoms with Gasteiger partial charge in [0, 0.05) is 12.1 Å². The molecule has 2 N–H and O–H groups in total. The van der Waals surface area contributed by atoms with E-state index < -0.39 is 17.7 Å². The second kappa shape index (κ2) is 5.98. The molecule has 0 fully saturated rings. The third-order valence-corrected chi connectivity index (χ3v) is 3.17. The highest BCUT2D eigenvalue weighted by atomic mass is 79.9. The van der Waals surface area contributed by atoms with Gasteiger partial charge in [0.15, 0.2) is 0 Å². The number of rotatable bonds is 3. The minimum atomic E-state index is -4.59. The van der Waals surface area contributed by atoms with Gasteiger partial charge in [-0.2, -0.15) is 13.2 Å². The van der Waals surface area contributed by atoms with Gasteiger partial charge < -0.3 is 10.5 Å². The summed E-state index contributed by atoms with van der Waals surface area (Å²) in [6, 6.07) is 5.56. The minimum Gasteiger partial charge on any atom is -0.437 e. The largest absolute Gasteiger partial charge is 0.437 e. The van der Waals surface area contributed by atoms with Crippen LogP contribution < -0.4 is 10.5 Å². The summed E-state index contributed by atoms with van der Waals surface area (Å²) >= 11 is 3.06. The van der Waals surface area contributed by atoms with Gasteiger partial charge in [-0.25, -0.2) is 9.37 Å². The molecular weight excluding hydrogens is 356 g/mol. The summed E-state index contributed by atoms with van der Waals surface area (Å²) in [5.41, 5.74) is 4.67. The number of nitrogens with zero attached hydrogens (tertiary/aromatic N) is 1. The van der Waals surface area contributed by atoms with Crippen molar-refractivity contribution in [3.05, 3.63) is 51.9 Å². The van der Waals surface area contributed by atoms with Crippen LogP contribution in [0.3, 0.4) is 0 Å². The fraction of sp³-hybridized carbons (Fsp3) is 0.154. The Morgan fingerprint density at radius 3 is 2.48 bits per heavy atom. The van der Waals surface area contributed by atoms with Crippen molar-refractivity contribution in [1.29, 1.82) is 0 Å². The summed E-state index contributed by atoms with van der Waals surface area (Å²) < 4.78 is 56.6. The summed E-state index contributed by atoms with van der Waals surface area (Å²) in [5.74, 6) is -0.636. The zero-order valence-electron chi connectivity index (χ0n) is 10.4. The molecule has 21 heavy (non-hydrogen) atoms. The van der Waals surface area contributed by atoms with Crippen LogP contribution >= 0.6 is 15.9 Å². The topological polar surface area (TPSA) is 48.1 Å². The van der Waals surface area contributed by atoms with Crippen LogP contribution in [0.1, 0.15) is 11.3 Å². The smallest absolute Gasteiger partial charge is 0.433 e. The van der Waals surface area contributed by atoms with Crippen LogP contribution in [-0.4, -0.2) is 4.98 Å². The average Bonchev–Trinajstić information content (AvgIpc) is 2.41. The van der Waals surface area contributed by atoms with Gasteiger partial charge in [0.2, 0.25) is 5.88 Å². The molecule has 2 aromatic rings. The molecule has 0 aliphatic rings. The number of hydrogen-bond donors (Lipinski definition) is 1. The molecule has 0 amide bonds. The van der Waals surface area contributed by atoms with E-state index in [1.807, 2.05) is 0 Å². The molecule has 1 heterocycles. The Morgan fingerprint density at radius 1 is 1.19 bits per heavy atom. The van der Waals surface area contributed by atoms with E-state index in [-0.39, 0.29) is 22.6 Å². The van der Waals surface area contributed by atoms with E-state index in [0.717, 1.165) is 18.2 Å². The van der Waals surface area contributed by atoms with Gasteiger partial charge in [0.1, 0.15) is 17.3 Å². The highest BCUT2D eigenvalue weighted by molar-refractivity contribution is 9.10. The Labute approximate surface area is 125 Å². The molecule has 0 saturated heterocycles. The van der Waals surface area contributed by atoms with Crippen molar-refractivity contribution in [3.63, 3.8) is 0 Å². The fourth-order valence-electron chi connectivity index (χ4n) is 1.53. The molecule has 0 aliphatic carbocycles. The Morgan fingerprint density at radius 2 is 1.90 bits per heavy atom. The zero-order valence-corrected chi connectivity index (χ0v) is 12.0. The van der Waals surface area contributed by atoms with E-state index in [2.05, 4.69) is 20.9 Å². The lowest BCUT2D eigenvalue weighted by molar-refractivity contribution is -0.141. The molecular formula is C13H9BrF4N2O. The number of halogens is 5. The van der Waals surface area contributed by atoms with E-state index in [0.29, 0.717) is 5.56 Å². The molecule has 8 heteroatoms. The number of pyridine rings is 1. The molecule has 0 bridgehead atoms. The second-order valence-electron chi connectivity index (χ2n) is 4.04. The zero-order chi connectivity index (χ0) is 15.6. The van der Waals surface area contributed by atoms with E-state index in [1.165, 1.54) is 12.1 Å². The van der Waals surface area contributed by atoms with Crippen LogP contribution in [0.15, 0.2) is 34.8 Å². The number of benzene rings is 1. The molecule has 3 nitrogen and oxygen atoms in total. The molecule has 0 saturated carbocycles. The van der Waals surface area contributed by atoms with Crippen molar-refractivity contribution in [3.8, 4) is 11.6 Å². The quantitative estimate of drug-likeness (QED) is 0.828. The normalized spacial score (nSPS) is 11.5. The van der Waals surface area contributed by atoms with Crippen molar-refractivity contribution in [2.75, 3.05) is 0 Å². The molecule has 0 aliphatic heterocycles. The lowest BCUT2D eigenvalue weighted by Crippen LogP contribution is -2.10. The van der Waals surface area contributed by atoms with Gasteiger partial charge in [-0.15, -0.1) is 0 Å². The SMILES string of the molecule is NCc1ccc(C(F)(F)F)nc1Oc1ccc(F)cc1Br. The molecule has 2 rings (SSSR count). The van der Waals surface area contributed by atoms with Gasteiger partial charge in [-0.05, 0) is 40.2 Å². The number of hydrogen-bond acceptors (Lipinski definition) is 3. The third kappa shape index (κ3) is 3.70. The summed E-state index contributed by atoms with van der Waals surface area (Å²) in [6.45, 7) is -0.0424. The molecule has 1 aromatic carbocycles. The van der Waals surface area contributed by atoms with Crippen LogP contribution in [0, 0.1) is 5.82 Å². The predicted octanol–water partition coefficient (Wildman–Crippen LogP) is 4.25. The Hall–Kier alpha value is -1.67. The number of aromatic nitrogens is 1. The van der Waals surface area contributed by atoms with Crippen LogP contribution in [-0.2, 0) is 12.7 Å². The molecule has 1 aromatic heterocycles. The third-order valence-electron chi connectivity index (χ3n) is 2.55. The summed E-state index contributed by atoms with van der Waals surface area (Å²) in [4.78, 5) is 3.43. The Balaban J connectivity index is 2.42. The minimum absolute atomic E-state index is 0.0424. The van der Waals surface area contributed by atoms with Crippen molar-refractivity contribution in [1.82, 2.24) is 4.98 Å². The van der Waals surface area contributed by atoms with Gasteiger partial charge >= 0.3 is 6.18 Å². The predicted molar refractivity (Wildman–Crippen MR) is 71.3 cm³/mol. The van der Waals surface area contributed by atoms with Gasteiger partial charge in [0.25, 0.3) is 0 Å². The maximum absolute atomic E-state index is 13.0. The number of ether oxygens (including phenoxy) is 1. The molecule has 0 atom stereocenters. The van der Waals surface area contributed by atoms with Crippen molar-refractivity contribution in [2.24, 2.45) is 5.73 Å². The highest BCUT2D eigenvalue weighted by Crippen LogP contribution is 2.34. The number of alkyl halides is 3. The van der Waals surface area contributed by atoms with E-state index in [4.69, 9.17) is 10.5 Å². The first-order valence-corrected chi connectivity index (χ1v) is 6.50. The lowest BCUT2D eigenvalue weighted by atomic mass is 10.2. The first-order chi connectivity index (χ1) is 9.81. The van der Waals surface area contributed by atoms with Crippen LogP contribution in [0.2, 0.25) is 0 Å². The van der Waals surface area contributed by atoms with E-state index >= 15 is 0 Å². The fourth-order valence-corrected chi connectivity index (χ4v) is 1.96. The second-order valence-corrected chi connectivity index (χ2v) is 4.89. The average molecular weight is 365 g/mol. The lowest BCUT2D eigenvalue weighted by Gasteiger charge is -2.13. The summed E-state index contributed by atoms with van der Waals surface area (Å²) in [7, 11) is 0. The number of nitrogens with two attached hydrogens (primary N) is 1. The summed E-state index contributed by atoms with van der Waals surface area (Å²) in [6.07, 6.45) is -4.59. The molecule has 0 unspecified atom stereocenters. The summed E-state index contributed by atoms with van der Waals surface area (Å²) in [5, 5.41) is 0. The van der Waals surface area contributed by atoms with Crippen molar-refractivity contribution < 1.29 is 22.3 Å². The highest BCUT2D eigenvalue weighted by Gasteiger charge is 2.33. The monoisotopic (exact) mass is 364 g/mol.